The lowest BCUT2D eigenvalue weighted by Gasteiger charge is -2.20. The highest BCUT2D eigenvalue weighted by atomic mass is 19.1. The van der Waals surface area contributed by atoms with Crippen LogP contribution in [-0.2, 0) is 13.1 Å². The molecule has 0 fully saturated rings. The molecule has 0 unspecified atom stereocenters. The van der Waals surface area contributed by atoms with Crippen molar-refractivity contribution in [1.29, 1.82) is 0 Å². The zero-order valence-corrected chi connectivity index (χ0v) is 18.7. The van der Waals surface area contributed by atoms with Crippen molar-refractivity contribution in [2.45, 2.75) is 20.0 Å². The molecule has 0 radical (unpaired) electrons. The molecule has 0 heterocycles. The molecule has 0 atom stereocenters. The summed E-state index contributed by atoms with van der Waals surface area (Å²) in [6.07, 6.45) is 0. The van der Waals surface area contributed by atoms with Crippen molar-refractivity contribution in [3.05, 3.63) is 95.1 Å². The first-order valence-electron chi connectivity index (χ1n) is 10.3. The predicted molar refractivity (Wildman–Crippen MR) is 125 cm³/mol. The summed E-state index contributed by atoms with van der Waals surface area (Å²) in [5.41, 5.74) is 3.51. The van der Waals surface area contributed by atoms with Crippen LogP contribution in [0.25, 0.3) is 0 Å². The third-order valence-electron chi connectivity index (χ3n) is 5.09. The van der Waals surface area contributed by atoms with E-state index >= 15 is 0 Å². The van der Waals surface area contributed by atoms with E-state index < -0.39 is 0 Å². The van der Waals surface area contributed by atoms with Crippen molar-refractivity contribution in [3.8, 4) is 0 Å². The first-order chi connectivity index (χ1) is 15.7. The number of hydrogen-bond acceptors (Lipinski definition) is 2. The van der Waals surface area contributed by atoms with Gasteiger partial charge < -0.3 is 20.4 Å². The van der Waals surface area contributed by atoms with Crippen LogP contribution in [0.2, 0.25) is 0 Å². The zero-order chi connectivity index (χ0) is 24.0. The number of carbonyl (C=O) groups excluding carboxylic acids is 2. The number of anilines is 2. The summed E-state index contributed by atoms with van der Waals surface area (Å²) in [6, 6.07) is 16.5. The second-order valence-corrected chi connectivity index (χ2v) is 7.86. The quantitative estimate of drug-likeness (QED) is 0.511. The van der Waals surface area contributed by atoms with Crippen LogP contribution >= 0.6 is 0 Å². The molecule has 0 aromatic heterocycles. The molecule has 4 amide bonds. The summed E-state index contributed by atoms with van der Waals surface area (Å²) in [4.78, 5) is 28.1. The van der Waals surface area contributed by atoms with E-state index in [4.69, 9.17) is 0 Å². The number of aryl methyl sites for hydroxylation is 1. The number of nitrogens with one attached hydrogen (secondary N) is 2. The van der Waals surface area contributed by atoms with Gasteiger partial charge in [-0.15, -0.1) is 0 Å². The standard InChI is InChI=1S/C25H26F2N4O2/c1-17-4-13-22(28-24(32)30(2)15-18-5-9-20(26)10-6-18)14-23(17)29-25(33)31(3)16-19-7-11-21(27)12-8-19/h4-14H,15-16H2,1-3H3,(H,28,32)(H,29,33). The molecule has 0 saturated carbocycles. The Balaban J connectivity index is 1.60. The van der Waals surface area contributed by atoms with E-state index in [1.54, 1.807) is 56.6 Å². The molecule has 33 heavy (non-hydrogen) atoms. The molecule has 0 spiro atoms. The van der Waals surface area contributed by atoms with Gasteiger partial charge in [0.15, 0.2) is 0 Å². The zero-order valence-electron chi connectivity index (χ0n) is 18.7. The van der Waals surface area contributed by atoms with Gasteiger partial charge in [0.05, 0.1) is 0 Å². The van der Waals surface area contributed by atoms with Gasteiger partial charge in [0.25, 0.3) is 0 Å². The van der Waals surface area contributed by atoms with Crippen LogP contribution < -0.4 is 10.6 Å². The number of rotatable bonds is 6. The van der Waals surface area contributed by atoms with Crippen LogP contribution in [-0.4, -0.2) is 36.0 Å². The van der Waals surface area contributed by atoms with E-state index in [0.717, 1.165) is 16.7 Å². The lowest BCUT2D eigenvalue weighted by Crippen LogP contribution is -2.32. The summed E-state index contributed by atoms with van der Waals surface area (Å²) in [7, 11) is 3.28. The molecule has 6 nitrogen and oxygen atoms in total. The van der Waals surface area contributed by atoms with Crippen molar-refractivity contribution >= 4 is 23.4 Å². The minimum Gasteiger partial charge on any atom is -0.323 e. The number of halogens is 2. The van der Waals surface area contributed by atoms with E-state index in [1.807, 2.05) is 6.92 Å². The normalized spacial score (nSPS) is 10.5. The molecule has 0 aliphatic rings. The summed E-state index contributed by atoms with van der Waals surface area (Å²) < 4.78 is 26.1. The Labute approximate surface area is 191 Å². The Kier molecular flexibility index (Phi) is 7.61. The number of benzene rings is 3. The van der Waals surface area contributed by atoms with E-state index in [9.17, 15) is 18.4 Å². The van der Waals surface area contributed by atoms with Crippen LogP contribution in [0.4, 0.5) is 29.7 Å². The first kappa shape index (κ1) is 23.7. The lowest BCUT2D eigenvalue weighted by atomic mass is 10.1. The monoisotopic (exact) mass is 452 g/mol. The number of nitrogens with zero attached hydrogens (tertiary/aromatic N) is 2. The fraction of sp³-hybridized carbons (Fsp3) is 0.200. The van der Waals surface area contributed by atoms with Crippen LogP contribution in [0.15, 0.2) is 66.7 Å². The molecular weight excluding hydrogens is 426 g/mol. The molecule has 3 aromatic rings. The molecule has 3 rings (SSSR count). The minimum atomic E-state index is -0.339. The lowest BCUT2D eigenvalue weighted by molar-refractivity contribution is 0.220. The molecule has 0 bridgehead atoms. The maximum atomic E-state index is 13.1. The molecule has 0 aliphatic carbocycles. The molecule has 0 aliphatic heterocycles. The minimum absolute atomic E-state index is 0.315. The first-order valence-corrected chi connectivity index (χ1v) is 10.3. The second-order valence-electron chi connectivity index (χ2n) is 7.86. The Morgan fingerprint density at radius 2 is 1.18 bits per heavy atom. The highest BCUT2D eigenvalue weighted by Crippen LogP contribution is 2.21. The second kappa shape index (κ2) is 10.6. The number of carbonyl (C=O) groups is 2. The summed E-state index contributed by atoms with van der Waals surface area (Å²) in [5.74, 6) is -0.660. The van der Waals surface area contributed by atoms with Gasteiger partial charge in [0.1, 0.15) is 11.6 Å². The predicted octanol–water partition coefficient (Wildman–Crippen LogP) is 5.60. The molecule has 172 valence electrons. The fourth-order valence-electron chi connectivity index (χ4n) is 3.13. The SMILES string of the molecule is Cc1ccc(NC(=O)N(C)Cc2ccc(F)cc2)cc1NC(=O)N(C)Cc1ccc(F)cc1. The van der Waals surface area contributed by atoms with Crippen molar-refractivity contribution in [1.82, 2.24) is 9.80 Å². The van der Waals surface area contributed by atoms with Gasteiger partial charge in [0.2, 0.25) is 0 Å². The van der Waals surface area contributed by atoms with Gasteiger partial charge in [-0.25, -0.2) is 18.4 Å². The van der Waals surface area contributed by atoms with Crippen molar-refractivity contribution in [2.24, 2.45) is 0 Å². The van der Waals surface area contributed by atoms with E-state index in [-0.39, 0.29) is 23.7 Å². The van der Waals surface area contributed by atoms with Crippen molar-refractivity contribution in [3.63, 3.8) is 0 Å². The molecule has 3 aromatic carbocycles. The van der Waals surface area contributed by atoms with Gasteiger partial charge in [-0.2, -0.15) is 0 Å². The van der Waals surface area contributed by atoms with E-state index in [1.165, 1.54) is 34.1 Å². The van der Waals surface area contributed by atoms with Crippen molar-refractivity contribution < 1.29 is 18.4 Å². The van der Waals surface area contributed by atoms with Gasteiger partial charge in [-0.3, -0.25) is 0 Å². The van der Waals surface area contributed by atoms with E-state index in [0.29, 0.717) is 24.5 Å². The Morgan fingerprint density at radius 1 is 0.727 bits per heavy atom. The third-order valence-corrected chi connectivity index (χ3v) is 5.09. The highest BCUT2D eigenvalue weighted by molar-refractivity contribution is 5.93. The fourth-order valence-corrected chi connectivity index (χ4v) is 3.13. The van der Waals surface area contributed by atoms with Gasteiger partial charge >= 0.3 is 12.1 Å². The van der Waals surface area contributed by atoms with Crippen molar-refractivity contribution in [2.75, 3.05) is 24.7 Å². The third kappa shape index (κ3) is 6.77. The summed E-state index contributed by atoms with van der Waals surface area (Å²) in [5, 5.41) is 5.64. The molecule has 8 heteroatoms. The Morgan fingerprint density at radius 3 is 1.67 bits per heavy atom. The van der Waals surface area contributed by atoms with Crippen LogP contribution in [0.1, 0.15) is 16.7 Å². The van der Waals surface area contributed by atoms with Gasteiger partial charge in [0, 0.05) is 38.6 Å². The largest absolute Gasteiger partial charge is 0.323 e. The highest BCUT2D eigenvalue weighted by Gasteiger charge is 2.14. The summed E-state index contributed by atoms with van der Waals surface area (Å²) in [6.45, 7) is 2.48. The molecular formula is C25H26F2N4O2. The Bertz CT molecular complexity index is 1120. The van der Waals surface area contributed by atoms with E-state index in [2.05, 4.69) is 10.6 Å². The van der Waals surface area contributed by atoms with Gasteiger partial charge in [-0.05, 0) is 60.0 Å². The maximum absolute atomic E-state index is 13.1. The Hall–Kier alpha value is -3.94. The molecule has 0 saturated heterocycles. The maximum Gasteiger partial charge on any atom is 0.321 e. The number of amides is 4. The van der Waals surface area contributed by atoms with Crippen LogP contribution in [0.5, 0.6) is 0 Å². The topological polar surface area (TPSA) is 64.7 Å². The summed E-state index contributed by atoms with van der Waals surface area (Å²) >= 11 is 0. The number of urea groups is 2. The average Bonchev–Trinajstić information content (AvgIpc) is 2.79. The average molecular weight is 453 g/mol. The van der Waals surface area contributed by atoms with Crippen LogP contribution in [0.3, 0.4) is 0 Å². The van der Waals surface area contributed by atoms with Gasteiger partial charge in [-0.1, -0.05) is 30.3 Å². The van der Waals surface area contributed by atoms with Crippen LogP contribution in [0, 0.1) is 18.6 Å². The number of hydrogen-bond donors (Lipinski definition) is 2. The molecule has 2 N–H and O–H groups in total. The smallest absolute Gasteiger partial charge is 0.321 e.